The number of aromatic amines is 1. The van der Waals surface area contributed by atoms with E-state index in [1.807, 2.05) is 35.4 Å². The maximum absolute atomic E-state index is 12.8. The summed E-state index contributed by atoms with van der Waals surface area (Å²) in [6.45, 7) is 1.68. The molecule has 1 atom stereocenters. The first kappa shape index (κ1) is 13.2. The van der Waals surface area contributed by atoms with E-state index in [9.17, 15) is 4.79 Å². The van der Waals surface area contributed by atoms with E-state index in [0.717, 1.165) is 36.0 Å². The Morgan fingerprint density at radius 3 is 3.00 bits per heavy atom. The molecule has 1 amide bonds. The van der Waals surface area contributed by atoms with Crippen molar-refractivity contribution in [3.05, 3.63) is 36.0 Å². The molecular weight excluding hydrogens is 250 g/mol. The predicted octanol–water partition coefficient (Wildman–Crippen LogP) is 2.33. The van der Waals surface area contributed by atoms with E-state index < -0.39 is 0 Å². The van der Waals surface area contributed by atoms with E-state index in [2.05, 4.69) is 24.0 Å². The Morgan fingerprint density at radius 1 is 1.35 bits per heavy atom. The monoisotopic (exact) mass is 271 g/mol. The number of benzene rings is 1. The number of hydrogen-bond acceptors (Lipinski definition) is 2. The van der Waals surface area contributed by atoms with Crippen molar-refractivity contribution in [2.45, 2.75) is 18.9 Å². The minimum absolute atomic E-state index is 0.143. The van der Waals surface area contributed by atoms with Gasteiger partial charge in [-0.25, -0.2) is 0 Å². The first-order valence-corrected chi connectivity index (χ1v) is 7.18. The summed E-state index contributed by atoms with van der Waals surface area (Å²) < 4.78 is 0. The lowest BCUT2D eigenvalue weighted by Gasteiger charge is -2.36. The maximum Gasteiger partial charge on any atom is 0.256 e. The molecule has 1 aliphatic rings. The molecule has 0 spiro atoms. The molecular formula is C16H21N3O. The van der Waals surface area contributed by atoms with Gasteiger partial charge in [0.25, 0.3) is 5.91 Å². The summed E-state index contributed by atoms with van der Waals surface area (Å²) in [5.74, 6) is 0.143. The van der Waals surface area contributed by atoms with Crippen molar-refractivity contribution in [3.8, 4) is 0 Å². The van der Waals surface area contributed by atoms with Gasteiger partial charge in [0.05, 0.1) is 11.1 Å². The third kappa shape index (κ3) is 2.31. The number of carbonyl (C=O) groups is 1. The number of para-hydroxylation sites is 1. The van der Waals surface area contributed by atoms with E-state index in [-0.39, 0.29) is 5.91 Å². The predicted molar refractivity (Wildman–Crippen MR) is 80.9 cm³/mol. The minimum atomic E-state index is 0.143. The second kappa shape index (κ2) is 5.29. The molecule has 0 aliphatic carbocycles. The number of rotatable bonds is 2. The molecule has 4 nitrogen and oxygen atoms in total. The number of hydrogen-bond donors (Lipinski definition) is 1. The van der Waals surface area contributed by atoms with Gasteiger partial charge in [-0.3, -0.25) is 4.79 Å². The van der Waals surface area contributed by atoms with Crippen LogP contribution in [0.1, 0.15) is 23.2 Å². The summed E-state index contributed by atoms with van der Waals surface area (Å²) in [6, 6.07) is 8.37. The lowest BCUT2D eigenvalue weighted by Crippen LogP contribution is -2.47. The van der Waals surface area contributed by atoms with Crippen LogP contribution in [-0.2, 0) is 0 Å². The van der Waals surface area contributed by atoms with E-state index in [1.165, 1.54) is 6.42 Å². The summed E-state index contributed by atoms with van der Waals surface area (Å²) in [7, 11) is 4.18. The largest absolute Gasteiger partial charge is 0.361 e. The van der Waals surface area contributed by atoms with Gasteiger partial charge in [-0.05, 0) is 39.1 Å². The fourth-order valence-corrected chi connectivity index (χ4v) is 2.99. The van der Waals surface area contributed by atoms with Crippen molar-refractivity contribution in [2.75, 3.05) is 27.2 Å². The van der Waals surface area contributed by atoms with Crippen LogP contribution in [0, 0.1) is 0 Å². The molecule has 1 unspecified atom stereocenters. The summed E-state index contributed by atoms with van der Waals surface area (Å²) in [6.07, 6.45) is 4.14. The number of likely N-dealkylation sites (tertiary alicyclic amines) is 1. The Hall–Kier alpha value is -1.81. The molecule has 20 heavy (non-hydrogen) atoms. The first-order chi connectivity index (χ1) is 9.66. The van der Waals surface area contributed by atoms with Crippen LogP contribution in [0.4, 0.5) is 0 Å². The SMILES string of the molecule is CN(C)C1CCCN(C(=O)c2cccc3cc[nH]c23)C1. The number of aromatic nitrogens is 1. The topological polar surface area (TPSA) is 39.3 Å². The van der Waals surface area contributed by atoms with Crippen LogP contribution in [0.2, 0.25) is 0 Å². The molecule has 1 aromatic heterocycles. The summed E-state index contributed by atoms with van der Waals surface area (Å²) >= 11 is 0. The van der Waals surface area contributed by atoms with E-state index in [1.54, 1.807) is 0 Å². The zero-order valence-electron chi connectivity index (χ0n) is 12.1. The van der Waals surface area contributed by atoms with Gasteiger partial charge in [-0.2, -0.15) is 0 Å². The fraction of sp³-hybridized carbons (Fsp3) is 0.438. The first-order valence-electron chi connectivity index (χ1n) is 7.18. The lowest BCUT2D eigenvalue weighted by atomic mass is 10.0. The van der Waals surface area contributed by atoms with Gasteiger partial charge < -0.3 is 14.8 Å². The lowest BCUT2D eigenvalue weighted by molar-refractivity contribution is 0.0637. The van der Waals surface area contributed by atoms with Crippen molar-refractivity contribution in [3.63, 3.8) is 0 Å². The highest BCUT2D eigenvalue weighted by Gasteiger charge is 2.26. The fourth-order valence-electron chi connectivity index (χ4n) is 2.99. The second-order valence-electron chi connectivity index (χ2n) is 5.76. The van der Waals surface area contributed by atoms with Crippen LogP contribution >= 0.6 is 0 Å². The third-order valence-electron chi connectivity index (χ3n) is 4.23. The van der Waals surface area contributed by atoms with Crippen LogP contribution in [0.25, 0.3) is 10.9 Å². The van der Waals surface area contributed by atoms with Crippen molar-refractivity contribution in [1.82, 2.24) is 14.8 Å². The van der Waals surface area contributed by atoms with E-state index >= 15 is 0 Å². The van der Waals surface area contributed by atoms with Crippen LogP contribution in [-0.4, -0.2) is 53.9 Å². The molecule has 0 radical (unpaired) electrons. The molecule has 1 N–H and O–H groups in total. The number of nitrogens with zero attached hydrogens (tertiary/aromatic N) is 2. The number of amides is 1. The molecule has 106 valence electrons. The zero-order chi connectivity index (χ0) is 14.1. The normalized spacial score (nSPS) is 19.8. The number of piperidine rings is 1. The smallest absolute Gasteiger partial charge is 0.256 e. The Balaban J connectivity index is 1.87. The van der Waals surface area contributed by atoms with Gasteiger partial charge in [0, 0.05) is 30.7 Å². The number of nitrogens with one attached hydrogen (secondary N) is 1. The standard InChI is InChI=1S/C16H21N3O/c1-18(2)13-6-4-10-19(11-13)16(20)14-7-3-5-12-8-9-17-15(12)14/h3,5,7-9,13,17H,4,6,10-11H2,1-2H3. The molecule has 4 heteroatoms. The molecule has 1 aromatic carbocycles. The number of likely N-dealkylation sites (N-methyl/N-ethyl adjacent to an activating group) is 1. The molecule has 2 heterocycles. The zero-order valence-corrected chi connectivity index (χ0v) is 12.1. The summed E-state index contributed by atoms with van der Waals surface area (Å²) in [4.78, 5) is 20.2. The minimum Gasteiger partial charge on any atom is -0.361 e. The van der Waals surface area contributed by atoms with Crippen molar-refractivity contribution in [1.29, 1.82) is 0 Å². The second-order valence-corrected chi connectivity index (χ2v) is 5.76. The van der Waals surface area contributed by atoms with Crippen molar-refractivity contribution >= 4 is 16.8 Å². The van der Waals surface area contributed by atoms with Crippen LogP contribution in [0.15, 0.2) is 30.5 Å². The number of fused-ring (bicyclic) bond motifs is 1. The molecule has 0 saturated carbocycles. The van der Waals surface area contributed by atoms with Gasteiger partial charge >= 0.3 is 0 Å². The highest BCUT2D eigenvalue weighted by molar-refractivity contribution is 6.05. The Labute approximate surface area is 119 Å². The van der Waals surface area contributed by atoms with Gasteiger partial charge in [0.2, 0.25) is 0 Å². The van der Waals surface area contributed by atoms with Crippen molar-refractivity contribution < 1.29 is 4.79 Å². The van der Waals surface area contributed by atoms with E-state index in [4.69, 9.17) is 0 Å². The van der Waals surface area contributed by atoms with Gasteiger partial charge in [0.15, 0.2) is 0 Å². The number of carbonyl (C=O) groups excluding carboxylic acids is 1. The molecule has 1 aliphatic heterocycles. The maximum atomic E-state index is 12.8. The highest BCUT2D eigenvalue weighted by Crippen LogP contribution is 2.21. The van der Waals surface area contributed by atoms with E-state index in [0.29, 0.717) is 6.04 Å². The Morgan fingerprint density at radius 2 is 2.20 bits per heavy atom. The average Bonchev–Trinajstić information content (AvgIpc) is 2.95. The summed E-state index contributed by atoms with van der Waals surface area (Å²) in [5.41, 5.74) is 1.73. The summed E-state index contributed by atoms with van der Waals surface area (Å²) in [5, 5.41) is 1.09. The Bertz CT molecular complexity index is 617. The van der Waals surface area contributed by atoms with Crippen LogP contribution in [0.5, 0.6) is 0 Å². The van der Waals surface area contributed by atoms with Crippen LogP contribution in [0.3, 0.4) is 0 Å². The van der Waals surface area contributed by atoms with Gasteiger partial charge in [0.1, 0.15) is 0 Å². The Kier molecular flexibility index (Phi) is 3.49. The molecule has 3 rings (SSSR count). The molecule has 1 saturated heterocycles. The third-order valence-corrected chi connectivity index (χ3v) is 4.23. The molecule has 0 bridgehead atoms. The average molecular weight is 271 g/mol. The van der Waals surface area contributed by atoms with Gasteiger partial charge in [-0.1, -0.05) is 12.1 Å². The van der Waals surface area contributed by atoms with Gasteiger partial charge in [-0.15, -0.1) is 0 Å². The molecule has 1 fully saturated rings. The van der Waals surface area contributed by atoms with Crippen molar-refractivity contribution in [2.24, 2.45) is 0 Å². The van der Waals surface area contributed by atoms with Crippen LogP contribution < -0.4 is 0 Å². The number of H-pyrrole nitrogens is 1. The molecule has 2 aromatic rings. The highest BCUT2D eigenvalue weighted by atomic mass is 16.2. The quantitative estimate of drug-likeness (QED) is 0.910.